The minimum atomic E-state index is -0.175. The molecule has 0 spiro atoms. The Hall–Kier alpha value is -3.06. The molecule has 3 aromatic rings. The van der Waals surface area contributed by atoms with Crippen molar-refractivity contribution in [3.63, 3.8) is 0 Å². The number of rotatable bonds is 8. The van der Waals surface area contributed by atoms with Crippen molar-refractivity contribution in [3.05, 3.63) is 75.9 Å². The molecule has 3 heterocycles. The van der Waals surface area contributed by atoms with E-state index in [1.807, 2.05) is 48.2 Å². The molecule has 0 N–H and O–H groups in total. The van der Waals surface area contributed by atoms with E-state index in [-0.39, 0.29) is 30.3 Å². The largest absolute Gasteiger partial charge is 0.491 e. The van der Waals surface area contributed by atoms with E-state index in [1.54, 1.807) is 22.5 Å². The third-order valence-corrected chi connectivity index (χ3v) is 8.11. The van der Waals surface area contributed by atoms with E-state index in [0.717, 1.165) is 43.4 Å². The number of aryl methyl sites for hydroxylation is 1. The first-order valence-corrected chi connectivity index (χ1v) is 13.3. The van der Waals surface area contributed by atoms with Crippen LogP contribution in [0.15, 0.2) is 58.5 Å². The van der Waals surface area contributed by atoms with Crippen LogP contribution < -0.4 is 4.74 Å². The van der Waals surface area contributed by atoms with Crippen molar-refractivity contribution in [1.82, 2.24) is 9.80 Å². The number of fused-ring (bicyclic) bond motifs is 1. The van der Waals surface area contributed by atoms with Gasteiger partial charge in [-0.3, -0.25) is 9.59 Å². The summed E-state index contributed by atoms with van der Waals surface area (Å²) in [5.74, 6) is 1.51. The fraction of sp³-hybridized carbons (Fsp3) is 0.429. The van der Waals surface area contributed by atoms with Crippen LogP contribution in [0.5, 0.6) is 5.75 Å². The zero-order chi connectivity index (χ0) is 24.2. The molecule has 7 heteroatoms. The molecule has 6 nitrogen and oxygen atoms in total. The molecule has 35 heavy (non-hydrogen) atoms. The molecule has 2 aliphatic rings. The molecular weight excluding hydrogens is 460 g/mol. The Labute approximate surface area is 210 Å². The fourth-order valence-corrected chi connectivity index (χ4v) is 6.10. The van der Waals surface area contributed by atoms with Gasteiger partial charge in [0.1, 0.15) is 24.7 Å². The van der Waals surface area contributed by atoms with Gasteiger partial charge in [0.25, 0.3) is 0 Å². The number of ether oxygens (including phenoxy) is 1. The van der Waals surface area contributed by atoms with Gasteiger partial charge in [-0.1, -0.05) is 30.5 Å². The van der Waals surface area contributed by atoms with Gasteiger partial charge in [-0.2, -0.15) is 0 Å². The topological polar surface area (TPSA) is 63.0 Å². The van der Waals surface area contributed by atoms with Gasteiger partial charge in [-0.15, -0.1) is 11.3 Å². The molecule has 5 rings (SSSR count). The first kappa shape index (κ1) is 23.7. The Morgan fingerprint density at radius 1 is 1.14 bits per heavy atom. The van der Waals surface area contributed by atoms with Gasteiger partial charge in [0.2, 0.25) is 11.8 Å². The summed E-state index contributed by atoms with van der Waals surface area (Å²) in [7, 11) is 0. The molecule has 184 valence electrons. The van der Waals surface area contributed by atoms with Crippen molar-refractivity contribution in [1.29, 1.82) is 0 Å². The monoisotopic (exact) mass is 492 g/mol. The van der Waals surface area contributed by atoms with Crippen LogP contribution in [0.25, 0.3) is 0 Å². The number of benzene rings is 1. The van der Waals surface area contributed by atoms with Crippen molar-refractivity contribution < 1.29 is 18.7 Å². The summed E-state index contributed by atoms with van der Waals surface area (Å²) in [5, 5.41) is 2.09. The van der Waals surface area contributed by atoms with E-state index >= 15 is 0 Å². The minimum absolute atomic E-state index is 0.00302. The lowest BCUT2D eigenvalue weighted by Crippen LogP contribution is -2.48. The third-order valence-electron chi connectivity index (χ3n) is 7.11. The van der Waals surface area contributed by atoms with Crippen LogP contribution in [0, 0.1) is 12.8 Å². The number of furan rings is 1. The molecule has 1 fully saturated rings. The standard InChI is InChI=1S/C28H32N2O4S/c1-20-8-10-22(11-9-20)34-19-25-24-13-16-35-26(24)12-14-30(25)27(31)18-29(17-23-7-4-15-33-23)28(32)21-5-2-3-6-21/h4,7-11,13,15-16,21,25H,2-3,5-6,12,14,17-19H2,1H3. The van der Waals surface area contributed by atoms with Crippen LogP contribution in [-0.4, -0.2) is 41.3 Å². The number of hydrogen-bond acceptors (Lipinski definition) is 5. The van der Waals surface area contributed by atoms with Crippen molar-refractivity contribution in [2.45, 2.75) is 51.6 Å². The average Bonchev–Trinajstić information content (AvgIpc) is 3.65. The second-order valence-electron chi connectivity index (χ2n) is 9.53. The highest BCUT2D eigenvalue weighted by atomic mass is 32.1. The maximum Gasteiger partial charge on any atom is 0.242 e. The first-order valence-electron chi connectivity index (χ1n) is 12.4. The molecular formula is C28H32N2O4S. The first-order chi connectivity index (χ1) is 17.1. The van der Waals surface area contributed by atoms with Gasteiger partial charge in [0.15, 0.2) is 0 Å². The Balaban J connectivity index is 1.33. The van der Waals surface area contributed by atoms with Gasteiger partial charge in [0.05, 0.1) is 18.8 Å². The lowest BCUT2D eigenvalue weighted by atomic mass is 10.00. The summed E-state index contributed by atoms with van der Waals surface area (Å²) in [5.41, 5.74) is 2.33. The molecule has 1 atom stereocenters. The van der Waals surface area contributed by atoms with Gasteiger partial charge in [-0.25, -0.2) is 0 Å². The zero-order valence-corrected chi connectivity index (χ0v) is 21.0. The molecule has 0 bridgehead atoms. The van der Waals surface area contributed by atoms with Crippen molar-refractivity contribution >= 4 is 23.2 Å². The van der Waals surface area contributed by atoms with Gasteiger partial charge < -0.3 is 19.0 Å². The summed E-state index contributed by atoms with van der Waals surface area (Å²) in [6.07, 6.45) is 6.38. The number of carbonyl (C=O) groups is 2. The Bertz CT molecular complexity index is 1130. The number of hydrogen-bond donors (Lipinski definition) is 0. The predicted molar refractivity (Wildman–Crippen MR) is 135 cm³/mol. The number of carbonyl (C=O) groups excluding carboxylic acids is 2. The Kier molecular flexibility index (Phi) is 7.23. The molecule has 2 aromatic heterocycles. The average molecular weight is 493 g/mol. The van der Waals surface area contributed by atoms with Crippen LogP contribution in [0.4, 0.5) is 0 Å². The van der Waals surface area contributed by atoms with Crippen LogP contribution in [0.3, 0.4) is 0 Å². The molecule has 0 radical (unpaired) electrons. The van der Waals surface area contributed by atoms with Crippen molar-refractivity contribution in [2.75, 3.05) is 19.7 Å². The molecule has 1 aliphatic heterocycles. The Morgan fingerprint density at radius 3 is 2.69 bits per heavy atom. The molecule has 1 aromatic carbocycles. The molecule has 2 amide bonds. The smallest absolute Gasteiger partial charge is 0.242 e. The quantitative estimate of drug-likeness (QED) is 0.424. The molecule has 1 saturated carbocycles. The van der Waals surface area contributed by atoms with E-state index in [2.05, 4.69) is 11.4 Å². The lowest BCUT2D eigenvalue weighted by Gasteiger charge is -2.37. The summed E-state index contributed by atoms with van der Waals surface area (Å²) >= 11 is 1.73. The van der Waals surface area contributed by atoms with E-state index < -0.39 is 0 Å². The van der Waals surface area contributed by atoms with E-state index in [0.29, 0.717) is 25.5 Å². The van der Waals surface area contributed by atoms with E-state index in [9.17, 15) is 9.59 Å². The Morgan fingerprint density at radius 2 is 1.94 bits per heavy atom. The summed E-state index contributed by atoms with van der Waals surface area (Å²) in [4.78, 5) is 32.0. The summed E-state index contributed by atoms with van der Waals surface area (Å²) in [6.45, 7) is 3.42. The van der Waals surface area contributed by atoms with Crippen LogP contribution >= 0.6 is 11.3 Å². The highest BCUT2D eigenvalue weighted by molar-refractivity contribution is 7.10. The maximum absolute atomic E-state index is 13.7. The number of thiophene rings is 1. The third kappa shape index (κ3) is 5.45. The van der Waals surface area contributed by atoms with E-state index in [1.165, 1.54) is 10.4 Å². The van der Waals surface area contributed by atoms with Gasteiger partial charge in [0, 0.05) is 17.3 Å². The van der Waals surface area contributed by atoms with Crippen molar-refractivity contribution in [3.8, 4) is 5.75 Å². The highest BCUT2D eigenvalue weighted by Gasteiger charge is 2.35. The van der Waals surface area contributed by atoms with Crippen LogP contribution in [-0.2, 0) is 22.6 Å². The lowest BCUT2D eigenvalue weighted by molar-refractivity contribution is -0.145. The van der Waals surface area contributed by atoms with E-state index in [4.69, 9.17) is 9.15 Å². The van der Waals surface area contributed by atoms with Gasteiger partial charge in [-0.05, 0) is 67.5 Å². The second kappa shape index (κ2) is 10.7. The second-order valence-corrected chi connectivity index (χ2v) is 10.5. The summed E-state index contributed by atoms with van der Waals surface area (Å²) < 4.78 is 11.7. The SMILES string of the molecule is Cc1ccc(OCC2c3ccsc3CCN2C(=O)CN(Cc2ccco2)C(=O)C2CCCC2)cc1. The minimum Gasteiger partial charge on any atom is -0.491 e. The predicted octanol–water partition coefficient (Wildman–Crippen LogP) is 5.37. The molecule has 0 saturated heterocycles. The number of amides is 2. The highest BCUT2D eigenvalue weighted by Crippen LogP contribution is 2.34. The molecule has 1 unspecified atom stereocenters. The van der Waals surface area contributed by atoms with Gasteiger partial charge >= 0.3 is 0 Å². The van der Waals surface area contributed by atoms with Crippen molar-refractivity contribution in [2.24, 2.45) is 5.92 Å². The normalized spacial score (nSPS) is 17.9. The molecule has 1 aliphatic carbocycles. The van der Waals surface area contributed by atoms with Crippen LogP contribution in [0.1, 0.15) is 53.5 Å². The number of nitrogens with zero attached hydrogens (tertiary/aromatic N) is 2. The fourth-order valence-electron chi connectivity index (χ4n) is 5.17. The zero-order valence-electron chi connectivity index (χ0n) is 20.2. The summed E-state index contributed by atoms with van der Waals surface area (Å²) in [6, 6.07) is 13.6. The maximum atomic E-state index is 13.7. The van der Waals surface area contributed by atoms with Crippen LogP contribution in [0.2, 0.25) is 0 Å².